The van der Waals surface area contributed by atoms with Crippen molar-refractivity contribution in [2.24, 2.45) is 17.6 Å². The molecule has 14 heavy (non-hydrogen) atoms. The highest BCUT2D eigenvalue weighted by Crippen LogP contribution is 2.29. The van der Waals surface area contributed by atoms with E-state index in [9.17, 15) is 9.59 Å². The van der Waals surface area contributed by atoms with Crippen LogP contribution in [0.1, 0.15) is 33.1 Å². The minimum absolute atomic E-state index is 0.0194. The maximum Gasteiger partial charge on any atom is 0.240 e. The van der Waals surface area contributed by atoms with Crippen LogP contribution >= 0.6 is 0 Å². The number of nitrogens with one attached hydrogen (secondary N) is 1. The minimum atomic E-state index is -0.506. The molecular weight excluding hydrogens is 180 g/mol. The normalized spacial score (nSPS) is 19.9. The Bertz CT molecular complexity index is 236. The van der Waals surface area contributed by atoms with E-state index < -0.39 is 11.9 Å². The maximum absolute atomic E-state index is 11.4. The van der Waals surface area contributed by atoms with Gasteiger partial charge in [-0.2, -0.15) is 0 Å². The topological polar surface area (TPSA) is 72.2 Å². The summed E-state index contributed by atoms with van der Waals surface area (Å²) >= 11 is 0. The largest absolute Gasteiger partial charge is 0.368 e. The molecule has 0 unspecified atom stereocenters. The van der Waals surface area contributed by atoms with Crippen LogP contribution in [0.3, 0.4) is 0 Å². The molecule has 0 spiro atoms. The van der Waals surface area contributed by atoms with Gasteiger partial charge in [0.2, 0.25) is 11.8 Å². The van der Waals surface area contributed by atoms with Crippen molar-refractivity contribution in [1.29, 1.82) is 0 Å². The molecule has 0 radical (unpaired) electrons. The summed E-state index contributed by atoms with van der Waals surface area (Å²) in [6.07, 6.45) is 2.72. The van der Waals surface area contributed by atoms with Crippen LogP contribution in [0.15, 0.2) is 0 Å². The lowest BCUT2D eigenvalue weighted by Crippen LogP contribution is -2.48. The molecule has 0 aromatic heterocycles. The third kappa shape index (κ3) is 2.72. The minimum Gasteiger partial charge on any atom is -0.368 e. The monoisotopic (exact) mass is 198 g/mol. The molecule has 1 rings (SSSR count). The van der Waals surface area contributed by atoms with Gasteiger partial charge in [-0.1, -0.05) is 20.3 Å². The van der Waals surface area contributed by atoms with E-state index >= 15 is 0 Å². The van der Waals surface area contributed by atoms with Crippen LogP contribution in [0.2, 0.25) is 0 Å². The quantitative estimate of drug-likeness (QED) is 0.671. The molecular formula is C10H18N2O2. The number of hydrogen-bond acceptors (Lipinski definition) is 2. The number of nitrogens with two attached hydrogens (primary N) is 1. The fourth-order valence-electron chi connectivity index (χ4n) is 1.35. The first kappa shape index (κ1) is 11.0. The van der Waals surface area contributed by atoms with Crippen molar-refractivity contribution in [2.75, 3.05) is 0 Å². The molecule has 4 nitrogen and oxygen atoms in total. The number of rotatable bonds is 5. The highest BCUT2D eigenvalue weighted by atomic mass is 16.2. The molecule has 2 atom stereocenters. The van der Waals surface area contributed by atoms with Crippen molar-refractivity contribution in [2.45, 2.75) is 39.2 Å². The fraction of sp³-hybridized carbons (Fsp3) is 0.800. The van der Waals surface area contributed by atoms with Gasteiger partial charge in [0, 0.05) is 5.92 Å². The maximum atomic E-state index is 11.4. The van der Waals surface area contributed by atoms with Crippen LogP contribution in [0.5, 0.6) is 0 Å². The Kier molecular flexibility index (Phi) is 3.49. The Hall–Kier alpha value is -1.06. The van der Waals surface area contributed by atoms with E-state index in [2.05, 4.69) is 5.32 Å². The lowest BCUT2D eigenvalue weighted by Gasteiger charge is -2.20. The average molecular weight is 198 g/mol. The van der Waals surface area contributed by atoms with E-state index in [0.717, 1.165) is 19.3 Å². The van der Waals surface area contributed by atoms with Crippen LogP contribution in [0, 0.1) is 11.8 Å². The number of primary amides is 1. The van der Waals surface area contributed by atoms with Crippen molar-refractivity contribution in [3.8, 4) is 0 Å². The molecule has 0 aromatic carbocycles. The van der Waals surface area contributed by atoms with Gasteiger partial charge in [0.05, 0.1) is 0 Å². The third-order valence-electron chi connectivity index (χ3n) is 2.77. The summed E-state index contributed by atoms with van der Waals surface area (Å²) in [4.78, 5) is 22.5. The zero-order valence-electron chi connectivity index (χ0n) is 8.75. The number of carbonyl (C=O) groups is 2. The second-order valence-corrected chi connectivity index (χ2v) is 4.05. The summed E-state index contributed by atoms with van der Waals surface area (Å²) in [5, 5.41) is 2.72. The highest BCUT2D eigenvalue weighted by molar-refractivity contribution is 5.88. The molecule has 4 heteroatoms. The Morgan fingerprint density at radius 1 is 1.50 bits per heavy atom. The molecule has 1 saturated carbocycles. The summed E-state index contributed by atoms with van der Waals surface area (Å²) in [6.45, 7) is 3.90. The van der Waals surface area contributed by atoms with Gasteiger partial charge in [-0.05, 0) is 18.8 Å². The van der Waals surface area contributed by atoms with E-state index in [4.69, 9.17) is 5.73 Å². The summed E-state index contributed by atoms with van der Waals surface area (Å²) in [6, 6.07) is -0.506. The molecule has 0 bridgehead atoms. The summed E-state index contributed by atoms with van der Waals surface area (Å²) in [7, 11) is 0. The predicted octanol–water partition coefficient (Wildman–Crippen LogP) is 0.413. The van der Waals surface area contributed by atoms with Crippen molar-refractivity contribution in [3.05, 3.63) is 0 Å². The zero-order valence-corrected chi connectivity index (χ0v) is 8.75. The summed E-state index contributed by atoms with van der Waals surface area (Å²) in [5.74, 6) is -0.224. The molecule has 1 aliphatic rings. The van der Waals surface area contributed by atoms with Gasteiger partial charge in [0.15, 0.2) is 0 Å². The molecule has 0 saturated heterocycles. The van der Waals surface area contributed by atoms with E-state index in [1.54, 1.807) is 0 Å². The Morgan fingerprint density at radius 2 is 2.07 bits per heavy atom. The molecule has 0 heterocycles. The summed E-state index contributed by atoms with van der Waals surface area (Å²) in [5.41, 5.74) is 5.23. The molecule has 80 valence electrons. The van der Waals surface area contributed by atoms with Crippen LogP contribution in [-0.2, 0) is 9.59 Å². The van der Waals surface area contributed by atoms with E-state index in [0.29, 0.717) is 0 Å². The van der Waals surface area contributed by atoms with Crippen molar-refractivity contribution >= 4 is 11.8 Å². The number of carbonyl (C=O) groups excluding carboxylic acids is 2. The second-order valence-electron chi connectivity index (χ2n) is 4.05. The lowest BCUT2D eigenvalue weighted by molar-refractivity contribution is -0.129. The van der Waals surface area contributed by atoms with Gasteiger partial charge in [-0.15, -0.1) is 0 Å². The van der Waals surface area contributed by atoms with Crippen LogP contribution in [0.25, 0.3) is 0 Å². The van der Waals surface area contributed by atoms with Gasteiger partial charge < -0.3 is 11.1 Å². The molecule has 0 aromatic rings. The molecule has 3 N–H and O–H groups in total. The smallest absolute Gasteiger partial charge is 0.240 e. The Labute approximate surface area is 84.2 Å². The SMILES string of the molecule is CC[C@H](C)[C@H](NC(=O)C1CC1)C(N)=O. The van der Waals surface area contributed by atoms with Gasteiger partial charge >= 0.3 is 0 Å². The first-order chi connectivity index (χ1) is 6.56. The first-order valence-corrected chi connectivity index (χ1v) is 5.16. The molecule has 1 aliphatic carbocycles. The highest BCUT2D eigenvalue weighted by Gasteiger charge is 2.33. The van der Waals surface area contributed by atoms with Crippen LogP contribution < -0.4 is 11.1 Å². The Morgan fingerprint density at radius 3 is 2.43 bits per heavy atom. The average Bonchev–Trinajstić information content (AvgIpc) is 2.95. The molecule has 0 aliphatic heterocycles. The number of hydrogen-bond donors (Lipinski definition) is 2. The van der Waals surface area contributed by atoms with Crippen molar-refractivity contribution < 1.29 is 9.59 Å². The summed E-state index contributed by atoms with van der Waals surface area (Å²) < 4.78 is 0. The van der Waals surface area contributed by atoms with Crippen molar-refractivity contribution in [3.63, 3.8) is 0 Å². The van der Waals surface area contributed by atoms with Gasteiger partial charge in [-0.3, -0.25) is 9.59 Å². The molecule has 2 amide bonds. The van der Waals surface area contributed by atoms with Gasteiger partial charge in [0.1, 0.15) is 6.04 Å². The molecule has 1 fully saturated rings. The predicted molar refractivity (Wildman–Crippen MR) is 53.3 cm³/mol. The van der Waals surface area contributed by atoms with Crippen LogP contribution in [0.4, 0.5) is 0 Å². The Balaban J connectivity index is 2.49. The van der Waals surface area contributed by atoms with E-state index in [-0.39, 0.29) is 17.7 Å². The van der Waals surface area contributed by atoms with E-state index in [1.807, 2.05) is 13.8 Å². The first-order valence-electron chi connectivity index (χ1n) is 5.16. The van der Waals surface area contributed by atoms with Crippen molar-refractivity contribution in [1.82, 2.24) is 5.32 Å². The van der Waals surface area contributed by atoms with Crippen LogP contribution in [-0.4, -0.2) is 17.9 Å². The number of amides is 2. The third-order valence-corrected chi connectivity index (χ3v) is 2.77. The van der Waals surface area contributed by atoms with Gasteiger partial charge in [0.25, 0.3) is 0 Å². The second kappa shape index (κ2) is 4.44. The van der Waals surface area contributed by atoms with Gasteiger partial charge in [-0.25, -0.2) is 0 Å². The fourth-order valence-corrected chi connectivity index (χ4v) is 1.35. The van der Waals surface area contributed by atoms with E-state index in [1.165, 1.54) is 0 Å². The zero-order chi connectivity index (χ0) is 10.7. The standard InChI is InChI=1S/C10H18N2O2/c1-3-6(2)8(9(11)13)12-10(14)7-4-5-7/h6-8H,3-5H2,1-2H3,(H2,11,13)(H,12,14)/t6-,8-/m0/s1. The lowest BCUT2D eigenvalue weighted by atomic mass is 9.98.